The molecule has 1 aromatic rings. The number of piperidine rings is 1. The summed E-state index contributed by atoms with van der Waals surface area (Å²) < 4.78 is 5.16. The maximum absolute atomic E-state index is 12.0. The van der Waals surface area contributed by atoms with Gasteiger partial charge in [0.1, 0.15) is 5.76 Å². The number of hydrogen-bond donors (Lipinski definition) is 2. The molecule has 1 fully saturated rings. The fraction of sp³-hybridized carbons (Fsp3) is 0.615. The third-order valence-electron chi connectivity index (χ3n) is 3.37. The van der Waals surface area contributed by atoms with Crippen LogP contribution in [0.5, 0.6) is 0 Å². The fourth-order valence-electron chi connectivity index (χ4n) is 2.24. The van der Waals surface area contributed by atoms with Gasteiger partial charge in [-0.1, -0.05) is 0 Å². The minimum atomic E-state index is -0.306. The van der Waals surface area contributed by atoms with E-state index in [4.69, 9.17) is 4.42 Å². The Bertz CT molecular complexity index is 378. The molecular weight excluding hydrogens is 232 g/mol. The number of furan rings is 1. The van der Waals surface area contributed by atoms with Gasteiger partial charge in [0.2, 0.25) is 5.91 Å². The molecule has 18 heavy (non-hydrogen) atoms. The normalized spacial score (nSPS) is 22.7. The Morgan fingerprint density at radius 1 is 1.72 bits per heavy atom. The van der Waals surface area contributed by atoms with Gasteiger partial charge in [-0.05, 0) is 38.4 Å². The van der Waals surface area contributed by atoms with E-state index < -0.39 is 0 Å². The second kappa shape index (κ2) is 6.02. The van der Waals surface area contributed by atoms with E-state index in [-0.39, 0.29) is 18.1 Å². The summed E-state index contributed by atoms with van der Waals surface area (Å²) in [5, 5.41) is 12.4. The standard InChI is InChI=1S/C13H20N2O3/c1-10(15-6-2-4-11(16)9-15)13(17)14-8-12-5-3-7-18-12/h3,5,7,10-11,16H,2,4,6,8-9H2,1H3,(H,14,17)/t10?,11-/m0/s1. The molecule has 2 atom stereocenters. The van der Waals surface area contributed by atoms with Crippen LogP contribution in [0.2, 0.25) is 0 Å². The van der Waals surface area contributed by atoms with E-state index in [0.29, 0.717) is 13.1 Å². The zero-order valence-corrected chi connectivity index (χ0v) is 10.6. The number of likely N-dealkylation sites (tertiary alicyclic amines) is 1. The van der Waals surface area contributed by atoms with Crippen molar-refractivity contribution in [2.45, 2.75) is 38.5 Å². The molecule has 0 aliphatic carbocycles. The molecule has 5 nitrogen and oxygen atoms in total. The van der Waals surface area contributed by atoms with Crippen LogP contribution in [0.25, 0.3) is 0 Å². The maximum atomic E-state index is 12.0. The highest BCUT2D eigenvalue weighted by molar-refractivity contribution is 5.81. The Morgan fingerprint density at radius 3 is 3.22 bits per heavy atom. The van der Waals surface area contributed by atoms with Crippen LogP contribution in [0.1, 0.15) is 25.5 Å². The summed E-state index contributed by atoms with van der Waals surface area (Å²) in [7, 11) is 0. The Hall–Kier alpha value is -1.33. The van der Waals surface area contributed by atoms with Gasteiger partial charge in [-0.15, -0.1) is 0 Å². The molecule has 1 aliphatic heterocycles. The molecule has 0 saturated carbocycles. The van der Waals surface area contributed by atoms with Crippen molar-refractivity contribution in [3.8, 4) is 0 Å². The molecule has 0 bridgehead atoms. The van der Waals surface area contributed by atoms with Crippen LogP contribution < -0.4 is 5.32 Å². The summed E-state index contributed by atoms with van der Waals surface area (Å²) in [4.78, 5) is 14.0. The number of amides is 1. The van der Waals surface area contributed by atoms with Gasteiger partial charge in [0, 0.05) is 6.54 Å². The van der Waals surface area contributed by atoms with Crippen molar-refractivity contribution in [3.63, 3.8) is 0 Å². The number of carbonyl (C=O) groups excluding carboxylic acids is 1. The monoisotopic (exact) mass is 252 g/mol. The molecule has 1 aliphatic rings. The lowest BCUT2D eigenvalue weighted by Crippen LogP contribution is -2.50. The van der Waals surface area contributed by atoms with E-state index in [1.807, 2.05) is 17.9 Å². The predicted molar refractivity (Wildman–Crippen MR) is 66.8 cm³/mol. The predicted octanol–water partition coefficient (Wildman–Crippen LogP) is 0.741. The van der Waals surface area contributed by atoms with Crippen LogP contribution in [-0.2, 0) is 11.3 Å². The SMILES string of the molecule is CC(C(=O)NCc1ccco1)N1CCC[C@H](O)C1. The van der Waals surface area contributed by atoms with E-state index in [0.717, 1.165) is 25.1 Å². The molecule has 1 amide bonds. The van der Waals surface area contributed by atoms with E-state index >= 15 is 0 Å². The van der Waals surface area contributed by atoms with Crippen molar-refractivity contribution in [1.29, 1.82) is 0 Å². The molecule has 2 N–H and O–H groups in total. The van der Waals surface area contributed by atoms with Crippen LogP contribution in [-0.4, -0.2) is 41.1 Å². The zero-order chi connectivity index (χ0) is 13.0. The molecule has 1 unspecified atom stereocenters. The fourth-order valence-corrected chi connectivity index (χ4v) is 2.24. The Kier molecular flexibility index (Phi) is 4.38. The smallest absolute Gasteiger partial charge is 0.237 e. The van der Waals surface area contributed by atoms with Crippen LogP contribution in [0.4, 0.5) is 0 Å². The first-order valence-electron chi connectivity index (χ1n) is 6.39. The molecule has 0 radical (unpaired) electrons. The number of nitrogens with one attached hydrogen (secondary N) is 1. The van der Waals surface area contributed by atoms with Crippen molar-refractivity contribution < 1.29 is 14.3 Å². The number of aliphatic hydroxyl groups is 1. The van der Waals surface area contributed by atoms with Crippen molar-refractivity contribution in [3.05, 3.63) is 24.2 Å². The first-order chi connectivity index (χ1) is 8.66. The van der Waals surface area contributed by atoms with E-state index in [1.165, 1.54) is 0 Å². The van der Waals surface area contributed by atoms with Crippen LogP contribution in [0.15, 0.2) is 22.8 Å². The highest BCUT2D eigenvalue weighted by atomic mass is 16.3. The second-order valence-electron chi connectivity index (χ2n) is 4.76. The molecule has 1 saturated heterocycles. The third kappa shape index (κ3) is 3.34. The average Bonchev–Trinajstić information content (AvgIpc) is 2.88. The van der Waals surface area contributed by atoms with Gasteiger partial charge in [-0.2, -0.15) is 0 Å². The topological polar surface area (TPSA) is 65.7 Å². The summed E-state index contributed by atoms with van der Waals surface area (Å²) in [6.45, 7) is 3.73. The number of nitrogens with zero attached hydrogens (tertiary/aromatic N) is 1. The van der Waals surface area contributed by atoms with Gasteiger partial charge in [-0.3, -0.25) is 9.69 Å². The number of carbonyl (C=O) groups is 1. The van der Waals surface area contributed by atoms with E-state index in [2.05, 4.69) is 5.32 Å². The van der Waals surface area contributed by atoms with Gasteiger partial charge in [0.25, 0.3) is 0 Å². The summed E-state index contributed by atoms with van der Waals surface area (Å²) in [5.41, 5.74) is 0. The van der Waals surface area contributed by atoms with Gasteiger partial charge >= 0.3 is 0 Å². The van der Waals surface area contributed by atoms with Gasteiger partial charge in [0.05, 0.1) is 25.0 Å². The number of hydrogen-bond acceptors (Lipinski definition) is 4. The maximum Gasteiger partial charge on any atom is 0.237 e. The number of aliphatic hydroxyl groups excluding tert-OH is 1. The third-order valence-corrected chi connectivity index (χ3v) is 3.37. The molecule has 2 rings (SSSR count). The van der Waals surface area contributed by atoms with Crippen molar-refractivity contribution in [2.24, 2.45) is 0 Å². The highest BCUT2D eigenvalue weighted by Gasteiger charge is 2.26. The minimum absolute atomic E-state index is 0.0273. The minimum Gasteiger partial charge on any atom is -0.467 e. The summed E-state index contributed by atoms with van der Waals surface area (Å²) in [6.07, 6.45) is 3.05. The zero-order valence-electron chi connectivity index (χ0n) is 10.6. The number of β-amino-alcohol motifs (C(OH)–C–C–N with tert-alkyl or cyclic N) is 1. The lowest BCUT2D eigenvalue weighted by atomic mass is 10.1. The Labute approximate surface area is 107 Å². The summed E-state index contributed by atoms with van der Waals surface area (Å²) >= 11 is 0. The quantitative estimate of drug-likeness (QED) is 0.829. The summed E-state index contributed by atoms with van der Waals surface area (Å²) in [6, 6.07) is 3.41. The highest BCUT2D eigenvalue weighted by Crippen LogP contribution is 2.13. The lowest BCUT2D eigenvalue weighted by molar-refractivity contribution is -0.127. The molecular formula is C13H20N2O3. The molecule has 2 heterocycles. The van der Waals surface area contributed by atoms with Gasteiger partial charge in [0.15, 0.2) is 0 Å². The lowest BCUT2D eigenvalue weighted by Gasteiger charge is -2.33. The van der Waals surface area contributed by atoms with Crippen molar-refractivity contribution in [1.82, 2.24) is 10.2 Å². The van der Waals surface area contributed by atoms with Crippen LogP contribution in [0, 0.1) is 0 Å². The Balaban J connectivity index is 1.80. The van der Waals surface area contributed by atoms with Gasteiger partial charge < -0.3 is 14.8 Å². The molecule has 0 aromatic carbocycles. The second-order valence-corrected chi connectivity index (χ2v) is 4.76. The van der Waals surface area contributed by atoms with Crippen molar-refractivity contribution >= 4 is 5.91 Å². The average molecular weight is 252 g/mol. The first kappa shape index (κ1) is 13.1. The van der Waals surface area contributed by atoms with E-state index in [9.17, 15) is 9.90 Å². The molecule has 100 valence electrons. The largest absolute Gasteiger partial charge is 0.467 e. The van der Waals surface area contributed by atoms with Crippen LogP contribution >= 0.6 is 0 Å². The van der Waals surface area contributed by atoms with Crippen molar-refractivity contribution in [2.75, 3.05) is 13.1 Å². The van der Waals surface area contributed by atoms with Crippen LogP contribution in [0.3, 0.4) is 0 Å². The summed E-state index contributed by atoms with van der Waals surface area (Å²) in [5.74, 6) is 0.717. The molecule has 5 heteroatoms. The first-order valence-corrected chi connectivity index (χ1v) is 6.39. The molecule has 1 aromatic heterocycles. The molecule has 0 spiro atoms. The van der Waals surface area contributed by atoms with E-state index in [1.54, 1.807) is 12.3 Å². The number of rotatable bonds is 4. The Morgan fingerprint density at radius 2 is 2.56 bits per heavy atom. The van der Waals surface area contributed by atoms with Gasteiger partial charge in [-0.25, -0.2) is 0 Å².